The van der Waals surface area contributed by atoms with E-state index in [4.69, 9.17) is 0 Å². The molecule has 6 nitrogen and oxygen atoms in total. The maximum atomic E-state index is 14.1. The van der Waals surface area contributed by atoms with Crippen LogP contribution in [0.1, 0.15) is 41.7 Å². The zero-order valence-electron chi connectivity index (χ0n) is 17.8. The van der Waals surface area contributed by atoms with Gasteiger partial charge in [-0.25, -0.2) is 13.7 Å². The summed E-state index contributed by atoms with van der Waals surface area (Å²) in [5, 5.41) is -6.52. The number of amides is 1. The fourth-order valence-corrected chi connectivity index (χ4v) is 4.10. The van der Waals surface area contributed by atoms with E-state index in [0.29, 0.717) is 25.9 Å². The summed E-state index contributed by atoms with van der Waals surface area (Å²) in [4.78, 5) is 26.5. The summed E-state index contributed by atoms with van der Waals surface area (Å²) in [7, 11) is -4.70. The molecule has 1 aliphatic rings. The van der Waals surface area contributed by atoms with E-state index in [9.17, 15) is 53.3 Å². The van der Waals surface area contributed by atoms with Gasteiger partial charge in [0.1, 0.15) is 6.04 Å². The van der Waals surface area contributed by atoms with Crippen LogP contribution in [-0.4, -0.2) is 64.0 Å². The molecule has 0 aromatic heterocycles. The van der Waals surface area contributed by atoms with Crippen LogP contribution >= 0.6 is 0 Å². The van der Waals surface area contributed by atoms with Crippen molar-refractivity contribution >= 4 is 22.9 Å². The van der Waals surface area contributed by atoms with E-state index in [1.807, 2.05) is 0 Å². The largest absolute Gasteiger partial charge is 0.465 e. The van der Waals surface area contributed by atoms with Crippen molar-refractivity contribution in [3.05, 3.63) is 35.4 Å². The van der Waals surface area contributed by atoms with Crippen LogP contribution in [-0.2, 0) is 20.5 Å². The first-order valence-corrected chi connectivity index (χ1v) is 11.1. The number of alkyl halides is 9. The average molecular weight is 542 g/mol. The number of carbonyl (C=O) groups excluding carboxylic acids is 2. The molecule has 0 saturated carbocycles. The summed E-state index contributed by atoms with van der Waals surface area (Å²) in [6, 6.07) is 2.27. The lowest BCUT2D eigenvalue weighted by molar-refractivity contribution is -0.381. The Kier molecular flexibility index (Phi) is 8.52. The Hall–Kier alpha value is -2.36. The Morgan fingerprint density at radius 3 is 2.06 bits per heavy atom. The molecular weight excluding hydrogens is 523 g/mol. The van der Waals surface area contributed by atoms with E-state index in [0.717, 1.165) is 12.1 Å². The van der Waals surface area contributed by atoms with Crippen LogP contribution in [0.4, 0.5) is 39.5 Å². The van der Waals surface area contributed by atoms with Gasteiger partial charge in [-0.15, -0.1) is 0 Å². The van der Waals surface area contributed by atoms with Gasteiger partial charge in [0.2, 0.25) is 0 Å². The lowest BCUT2D eigenvalue weighted by atomic mass is 10.00. The molecule has 1 saturated heterocycles. The van der Waals surface area contributed by atoms with Crippen LogP contribution in [0, 0.1) is 0 Å². The number of nitrogens with zero attached hydrogens (tertiary/aromatic N) is 1. The van der Waals surface area contributed by atoms with E-state index >= 15 is 0 Å². The van der Waals surface area contributed by atoms with Gasteiger partial charge in [0.05, 0.1) is 6.61 Å². The van der Waals surface area contributed by atoms with E-state index in [1.165, 1.54) is 28.7 Å². The Balaban J connectivity index is 2.49. The molecule has 0 spiro atoms. The summed E-state index contributed by atoms with van der Waals surface area (Å²) >= 11 is 0. The maximum Gasteiger partial charge on any atom is 0.460 e. The summed E-state index contributed by atoms with van der Waals surface area (Å²) in [6.45, 7) is 1.44. The standard InChI is InChI=1S/C19H19F9N2O4S/c1-2-34-15(32)13(11-7-3-4-8-12(11)14(31)30-9-5-6-10-30)29-35(33)19(27,28)17(22,23)16(20,21)18(24,25)26/h3-4,7-8,13,29H,2,5-6,9-10H2,1H3. The quantitative estimate of drug-likeness (QED) is 0.375. The Bertz CT molecular complexity index is 966. The second kappa shape index (κ2) is 10.3. The molecule has 35 heavy (non-hydrogen) atoms. The van der Waals surface area contributed by atoms with Gasteiger partial charge < -0.3 is 9.64 Å². The second-order valence-corrected chi connectivity index (χ2v) is 8.61. The maximum absolute atomic E-state index is 14.1. The molecule has 1 amide bonds. The molecule has 1 aromatic carbocycles. The van der Waals surface area contributed by atoms with Crippen molar-refractivity contribution < 1.29 is 58.0 Å². The molecule has 2 rings (SSSR count). The second-order valence-electron chi connectivity index (χ2n) is 7.32. The third-order valence-electron chi connectivity index (χ3n) is 4.99. The summed E-state index contributed by atoms with van der Waals surface area (Å²) < 4.78 is 137. The van der Waals surface area contributed by atoms with Crippen molar-refractivity contribution in [1.82, 2.24) is 9.62 Å². The molecule has 2 atom stereocenters. The van der Waals surface area contributed by atoms with Gasteiger partial charge in [0, 0.05) is 18.7 Å². The molecule has 1 N–H and O–H groups in total. The van der Waals surface area contributed by atoms with Crippen LogP contribution in [0.2, 0.25) is 0 Å². The average Bonchev–Trinajstić information content (AvgIpc) is 3.30. The molecule has 0 radical (unpaired) electrons. The lowest BCUT2D eigenvalue weighted by Crippen LogP contribution is -2.63. The van der Waals surface area contributed by atoms with Crippen molar-refractivity contribution in [3.63, 3.8) is 0 Å². The fourth-order valence-electron chi connectivity index (χ4n) is 3.16. The van der Waals surface area contributed by atoms with Crippen LogP contribution in [0.25, 0.3) is 0 Å². The van der Waals surface area contributed by atoms with Gasteiger partial charge in [-0.1, -0.05) is 18.2 Å². The minimum atomic E-state index is -7.27. The zero-order chi connectivity index (χ0) is 26.8. The first-order valence-electron chi connectivity index (χ1n) is 9.93. The highest BCUT2D eigenvalue weighted by atomic mass is 32.2. The van der Waals surface area contributed by atoms with E-state index in [1.54, 1.807) is 0 Å². The zero-order valence-corrected chi connectivity index (χ0v) is 18.6. The van der Waals surface area contributed by atoms with Crippen molar-refractivity contribution in [2.75, 3.05) is 19.7 Å². The summed E-state index contributed by atoms with van der Waals surface area (Å²) in [5.41, 5.74) is -0.800. The van der Waals surface area contributed by atoms with Crippen LogP contribution in [0.5, 0.6) is 0 Å². The Labute approximate surface area is 195 Å². The lowest BCUT2D eigenvalue weighted by Gasteiger charge is -2.33. The molecule has 2 unspecified atom stereocenters. The van der Waals surface area contributed by atoms with E-state index in [2.05, 4.69) is 4.74 Å². The number of ether oxygens (including phenoxy) is 1. The van der Waals surface area contributed by atoms with Gasteiger partial charge in [0.25, 0.3) is 5.91 Å². The molecule has 1 aromatic rings. The number of rotatable bonds is 9. The highest BCUT2D eigenvalue weighted by Gasteiger charge is 2.83. The van der Waals surface area contributed by atoms with Crippen molar-refractivity contribution in [2.24, 2.45) is 0 Å². The highest BCUT2D eigenvalue weighted by Crippen LogP contribution is 2.54. The summed E-state index contributed by atoms with van der Waals surface area (Å²) in [5.74, 6) is -16.7. The fraction of sp³-hybridized carbons (Fsp3) is 0.579. The Morgan fingerprint density at radius 2 is 1.54 bits per heavy atom. The predicted molar refractivity (Wildman–Crippen MR) is 103 cm³/mol. The molecule has 16 heteroatoms. The van der Waals surface area contributed by atoms with Crippen molar-refractivity contribution in [3.8, 4) is 0 Å². The number of esters is 1. The molecule has 0 bridgehead atoms. The number of hydrogen-bond donors (Lipinski definition) is 1. The van der Waals surface area contributed by atoms with Gasteiger partial charge >= 0.3 is 29.2 Å². The predicted octanol–water partition coefficient (Wildman–Crippen LogP) is 4.21. The minimum Gasteiger partial charge on any atom is -0.465 e. The first-order chi connectivity index (χ1) is 16.0. The third-order valence-corrected chi connectivity index (χ3v) is 6.16. The highest BCUT2D eigenvalue weighted by molar-refractivity contribution is 7.84. The molecule has 198 valence electrons. The van der Waals surface area contributed by atoms with Crippen molar-refractivity contribution in [1.29, 1.82) is 0 Å². The van der Waals surface area contributed by atoms with Gasteiger partial charge in [-0.3, -0.25) is 4.79 Å². The van der Waals surface area contributed by atoms with Crippen molar-refractivity contribution in [2.45, 2.75) is 49.1 Å². The monoisotopic (exact) mass is 542 g/mol. The van der Waals surface area contributed by atoms with E-state index < -0.39 is 64.4 Å². The van der Waals surface area contributed by atoms with Crippen LogP contribution in [0.15, 0.2) is 24.3 Å². The smallest absolute Gasteiger partial charge is 0.460 e. The number of halogens is 9. The third kappa shape index (κ3) is 5.42. The van der Waals surface area contributed by atoms with Crippen LogP contribution in [0.3, 0.4) is 0 Å². The normalized spacial score (nSPS) is 17.3. The van der Waals surface area contributed by atoms with Crippen LogP contribution < -0.4 is 4.72 Å². The number of likely N-dealkylation sites (tertiary alicyclic amines) is 1. The SMILES string of the molecule is CCOC(=O)C(NS(=O)C(F)(F)C(F)(F)C(F)(F)C(F)(F)F)c1ccccc1C(=O)N1CCCC1. The molecule has 0 aliphatic carbocycles. The Morgan fingerprint density at radius 1 is 1.00 bits per heavy atom. The molecule has 1 heterocycles. The van der Waals surface area contributed by atoms with Gasteiger partial charge in [-0.05, 0) is 31.4 Å². The topological polar surface area (TPSA) is 75.7 Å². The molecule has 1 fully saturated rings. The summed E-state index contributed by atoms with van der Waals surface area (Å²) in [6.07, 6.45) is -5.85. The number of hydrogen-bond acceptors (Lipinski definition) is 4. The molecular formula is C19H19F9N2O4S. The first kappa shape index (κ1) is 28.9. The van der Waals surface area contributed by atoms with Gasteiger partial charge in [0.15, 0.2) is 11.0 Å². The minimum absolute atomic E-state index is 0.299. The number of nitrogens with one attached hydrogen (secondary N) is 1. The number of benzene rings is 1. The molecule has 1 aliphatic heterocycles. The van der Waals surface area contributed by atoms with E-state index in [-0.39, 0.29) is 5.56 Å². The van der Waals surface area contributed by atoms with Gasteiger partial charge in [-0.2, -0.15) is 39.5 Å². The number of carbonyl (C=O) groups is 2.